The molecule has 0 spiro atoms. The monoisotopic (exact) mass is 556 g/mol. The molecule has 0 radical (unpaired) electrons. The summed E-state index contributed by atoms with van der Waals surface area (Å²) < 4.78 is 31.7. The van der Waals surface area contributed by atoms with E-state index in [0.717, 1.165) is 37.0 Å². The minimum absolute atomic E-state index is 0.150. The highest BCUT2D eigenvalue weighted by Gasteiger charge is 2.38. The van der Waals surface area contributed by atoms with E-state index in [1.54, 1.807) is 18.2 Å². The van der Waals surface area contributed by atoms with Gasteiger partial charge in [-0.05, 0) is 68.5 Å². The number of rotatable bonds is 4. The number of aromatic nitrogens is 1. The zero-order valence-corrected chi connectivity index (χ0v) is 21.2. The Hall–Kier alpha value is -3.24. The Balaban J connectivity index is 0.000000479. The number of para-hydroxylation sites is 1. The molecule has 4 rings (SSSR count). The quantitative estimate of drug-likeness (QED) is 0.276. The summed E-state index contributed by atoms with van der Waals surface area (Å²) in [6, 6.07) is 15.6. The van der Waals surface area contributed by atoms with Crippen LogP contribution in [0.2, 0.25) is 10.0 Å². The Kier molecular flexibility index (Phi) is 9.45. The minimum Gasteiger partial charge on any atom is -0.475 e. The second-order valence-electron chi connectivity index (χ2n) is 8.56. The third-order valence-electron chi connectivity index (χ3n) is 5.76. The molecule has 1 aliphatic rings. The van der Waals surface area contributed by atoms with Crippen molar-refractivity contribution in [2.24, 2.45) is 0 Å². The number of aryl methyl sites for hydroxylation is 1. The summed E-state index contributed by atoms with van der Waals surface area (Å²) >= 11 is 11.9. The fraction of sp³-hybridized carbons (Fsp3) is 0.320. The average Bonchev–Trinajstić information content (AvgIpc) is 2.82. The Morgan fingerprint density at radius 1 is 0.973 bits per heavy atom. The van der Waals surface area contributed by atoms with Crippen molar-refractivity contribution in [2.75, 3.05) is 10.6 Å². The molecule has 7 nitrogen and oxygen atoms in total. The number of carboxylic acids is 1. The van der Waals surface area contributed by atoms with Crippen LogP contribution in [0.3, 0.4) is 0 Å². The molecule has 12 heteroatoms. The maximum atomic E-state index is 12.3. The Labute approximate surface area is 221 Å². The second-order valence-corrected chi connectivity index (χ2v) is 9.38. The summed E-state index contributed by atoms with van der Waals surface area (Å²) in [4.78, 5) is 25.9. The van der Waals surface area contributed by atoms with Crippen molar-refractivity contribution in [2.45, 2.75) is 50.9 Å². The van der Waals surface area contributed by atoms with Crippen molar-refractivity contribution >= 4 is 57.6 Å². The number of amides is 2. The predicted octanol–water partition coefficient (Wildman–Crippen LogP) is 7.03. The average molecular weight is 557 g/mol. The molecule has 3 aromatic rings. The topological polar surface area (TPSA) is 103 Å². The first-order valence-electron chi connectivity index (χ1n) is 11.4. The summed E-state index contributed by atoms with van der Waals surface area (Å²) in [5.41, 5.74) is 2.85. The lowest BCUT2D eigenvalue weighted by molar-refractivity contribution is -0.192. The second kappa shape index (κ2) is 12.3. The van der Waals surface area contributed by atoms with E-state index in [4.69, 9.17) is 38.1 Å². The summed E-state index contributed by atoms with van der Waals surface area (Å²) in [6.45, 7) is 2.11. The molecule has 4 N–H and O–H groups in total. The third kappa shape index (κ3) is 8.40. The van der Waals surface area contributed by atoms with Crippen LogP contribution in [-0.2, 0) is 4.79 Å². The number of carbonyl (C=O) groups is 2. The zero-order valence-electron chi connectivity index (χ0n) is 19.7. The van der Waals surface area contributed by atoms with Gasteiger partial charge in [0.15, 0.2) is 0 Å². The van der Waals surface area contributed by atoms with E-state index >= 15 is 0 Å². The van der Waals surface area contributed by atoms with Gasteiger partial charge in [0.25, 0.3) is 0 Å². The molecule has 37 heavy (non-hydrogen) atoms. The number of carbonyl (C=O) groups excluding carboxylic acids is 1. The van der Waals surface area contributed by atoms with Gasteiger partial charge in [-0.25, -0.2) is 14.6 Å². The lowest BCUT2D eigenvalue weighted by Crippen LogP contribution is -2.42. The van der Waals surface area contributed by atoms with Crippen molar-refractivity contribution in [3.05, 3.63) is 64.1 Å². The molecular weight excluding hydrogens is 532 g/mol. The molecule has 1 saturated carbocycles. The van der Waals surface area contributed by atoms with E-state index in [9.17, 15) is 18.0 Å². The first-order valence-corrected chi connectivity index (χ1v) is 12.1. The van der Waals surface area contributed by atoms with Crippen LogP contribution < -0.4 is 16.0 Å². The van der Waals surface area contributed by atoms with E-state index in [2.05, 4.69) is 35.0 Å². The van der Waals surface area contributed by atoms with Crippen molar-refractivity contribution < 1.29 is 27.9 Å². The SMILES string of the molecule is Cc1cc(NC2CCC(NC(=O)Nc3ccc(Cl)c(Cl)c3)CC2)nc2ccccc12.O=C(O)C(F)(F)F. The number of anilines is 2. The number of carboxylic acid groups (broad SMARTS) is 1. The number of pyridine rings is 1. The van der Waals surface area contributed by atoms with Gasteiger partial charge in [0, 0.05) is 23.2 Å². The summed E-state index contributed by atoms with van der Waals surface area (Å²) in [7, 11) is 0. The number of alkyl halides is 3. The normalized spacial score (nSPS) is 17.4. The van der Waals surface area contributed by atoms with Crippen molar-refractivity contribution in [1.29, 1.82) is 0 Å². The molecule has 2 amide bonds. The molecule has 0 atom stereocenters. The molecule has 198 valence electrons. The fourth-order valence-electron chi connectivity index (χ4n) is 3.94. The number of nitrogens with zero attached hydrogens (tertiary/aromatic N) is 1. The summed E-state index contributed by atoms with van der Waals surface area (Å²) in [5, 5.41) is 18.6. The Morgan fingerprint density at radius 3 is 2.22 bits per heavy atom. The molecule has 0 unspecified atom stereocenters. The van der Waals surface area contributed by atoms with Gasteiger partial charge in [-0.15, -0.1) is 0 Å². The lowest BCUT2D eigenvalue weighted by atomic mass is 9.91. The van der Waals surface area contributed by atoms with Crippen molar-refractivity contribution in [1.82, 2.24) is 10.3 Å². The molecule has 1 aliphatic carbocycles. The number of hydrogen-bond acceptors (Lipinski definition) is 4. The van der Waals surface area contributed by atoms with Crippen LogP contribution >= 0.6 is 23.2 Å². The van der Waals surface area contributed by atoms with Crippen molar-refractivity contribution in [3.8, 4) is 0 Å². The van der Waals surface area contributed by atoms with E-state index in [1.807, 2.05) is 18.2 Å². The highest BCUT2D eigenvalue weighted by molar-refractivity contribution is 6.42. The third-order valence-corrected chi connectivity index (χ3v) is 6.50. The molecule has 0 bridgehead atoms. The standard InChI is InChI=1S/C23H24Cl2N4O.C2HF3O2/c1-14-12-22(29-21-5-3-2-4-18(14)21)26-15-6-8-16(9-7-15)27-23(30)28-17-10-11-19(24)20(25)13-17;3-2(4,5)1(6)7/h2-5,10-13,15-16H,6-9H2,1H3,(H,26,29)(H2,27,28,30);(H,6,7). The van der Waals surface area contributed by atoms with Gasteiger partial charge in [0.1, 0.15) is 5.82 Å². The molecule has 0 saturated heterocycles. The highest BCUT2D eigenvalue weighted by atomic mass is 35.5. The number of aliphatic carboxylic acids is 1. The maximum Gasteiger partial charge on any atom is 0.490 e. The van der Waals surface area contributed by atoms with Crippen LogP contribution in [0.4, 0.5) is 29.5 Å². The smallest absolute Gasteiger partial charge is 0.475 e. The molecular formula is C25H25Cl2F3N4O3. The number of halogens is 5. The molecule has 1 heterocycles. The van der Waals surface area contributed by atoms with Gasteiger partial charge >= 0.3 is 18.2 Å². The number of urea groups is 1. The van der Waals surface area contributed by atoms with Crippen LogP contribution in [0.1, 0.15) is 31.2 Å². The van der Waals surface area contributed by atoms with E-state index in [-0.39, 0.29) is 12.1 Å². The van der Waals surface area contributed by atoms with Gasteiger partial charge < -0.3 is 21.1 Å². The van der Waals surface area contributed by atoms with Crippen LogP contribution in [0.15, 0.2) is 48.5 Å². The Morgan fingerprint density at radius 2 is 1.59 bits per heavy atom. The maximum absolute atomic E-state index is 12.3. The number of nitrogens with one attached hydrogen (secondary N) is 3. The summed E-state index contributed by atoms with van der Waals surface area (Å²) in [6.07, 6.45) is -1.30. The largest absolute Gasteiger partial charge is 0.490 e. The van der Waals surface area contributed by atoms with Gasteiger partial charge in [-0.2, -0.15) is 13.2 Å². The van der Waals surface area contributed by atoms with E-state index in [1.165, 1.54) is 10.9 Å². The fourth-order valence-corrected chi connectivity index (χ4v) is 4.24. The molecule has 2 aromatic carbocycles. The van der Waals surface area contributed by atoms with E-state index in [0.29, 0.717) is 21.8 Å². The van der Waals surface area contributed by atoms with Gasteiger partial charge in [-0.1, -0.05) is 41.4 Å². The molecule has 1 fully saturated rings. The van der Waals surface area contributed by atoms with Crippen molar-refractivity contribution in [3.63, 3.8) is 0 Å². The predicted molar refractivity (Wildman–Crippen MR) is 138 cm³/mol. The van der Waals surface area contributed by atoms with E-state index < -0.39 is 12.1 Å². The van der Waals surface area contributed by atoms with Gasteiger partial charge in [0.2, 0.25) is 0 Å². The number of fused-ring (bicyclic) bond motifs is 1. The van der Waals surface area contributed by atoms with Gasteiger partial charge in [0.05, 0.1) is 15.6 Å². The van der Waals surface area contributed by atoms with Crippen LogP contribution in [0, 0.1) is 6.92 Å². The first-order chi connectivity index (χ1) is 17.4. The van der Waals surface area contributed by atoms with Crippen LogP contribution in [0.5, 0.6) is 0 Å². The molecule has 0 aliphatic heterocycles. The minimum atomic E-state index is -5.08. The molecule has 1 aromatic heterocycles. The number of benzene rings is 2. The lowest BCUT2D eigenvalue weighted by Gasteiger charge is -2.30. The number of hydrogen-bond donors (Lipinski definition) is 4. The summed E-state index contributed by atoms with van der Waals surface area (Å²) in [5.74, 6) is -1.84. The van der Waals surface area contributed by atoms with Crippen LogP contribution in [-0.4, -0.2) is 40.4 Å². The van der Waals surface area contributed by atoms with Crippen LogP contribution in [0.25, 0.3) is 10.9 Å². The van der Waals surface area contributed by atoms with Gasteiger partial charge in [-0.3, -0.25) is 0 Å². The highest BCUT2D eigenvalue weighted by Crippen LogP contribution is 2.26. The first kappa shape index (κ1) is 28.3. The Bertz CT molecular complexity index is 1270. The zero-order chi connectivity index (χ0) is 27.2.